The van der Waals surface area contributed by atoms with Crippen molar-refractivity contribution in [3.63, 3.8) is 0 Å². The van der Waals surface area contributed by atoms with E-state index in [2.05, 4.69) is 13.2 Å². The van der Waals surface area contributed by atoms with Gasteiger partial charge in [-0.1, -0.05) is 32.4 Å². The van der Waals surface area contributed by atoms with Gasteiger partial charge in [-0.3, -0.25) is 0 Å². The van der Waals surface area contributed by atoms with Crippen molar-refractivity contribution >= 4 is 17.9 Å². The first-order valence-electron chi connectivity index (χ1n) is 13.1. The number of carbonyl (C=O) groups excluding carboxylic acids is 3. The lowest BCUT2D eigenvalue weighted by Gasteiger charge is -2.22. The minimum absolute atomic E-state index is 0.193. The van der Waals surface area contributed by atoms with Crippen LogP contribution in [0.2, 0.25) is 0 Å². The Kier molecular flexibility index (Phi) is 16.3. The van der Waals surface area contributed by atoms with Gasteiger partial charge >= 0.3 is 17.9 Å². The van der Waals surface area contributed by atoms with Crippen molar-refractivity contribution in [2.75, 3.05) is 26.4 Å². The number of ether oxygens (including phenoxy) is 6. The first-order chi connectivity index (χ1) is 17.6. The summed E-state index contributed by atoms with van der Waals surface area (Å²) in [5, 5.41) is 0. The molecule has 3 aliphatic rings. The second kappa shape index (κ2) is 18.6. The number of hydrogen-bond donors (Lipinski definition) is 0. The van der Waals surface area contributed by atoms with Crippen molar-refractivity contribution in [3.05, 3.63) is 36.1 Å². The lowest BCUT2D eigenvalue weighted by Crippen LogP contribution is -2.25. The molecule has 0 spiro atoms. The fraction of sp³-hybridized carbons (Fsp3) is 0.679. The molecule has 2 aliphatic heterocycles. The highest BCUT2D eigenvalue weighted by Gasteiger charge is 2.21. The number of esters is 3. The molecule has 1 saturated carbocycles. The Morgan fingerprint density at radius 2 is 1.62 bits per heavy atom. The van der Waals surface area contributed by atoms with Gasteiger partial charge in [0.15, 0.2) is 6.29 Å². The first kappa shape index (κ1) is 32.4. The second-order valence-corrected chi connectivity index (χ2v) is 9.25. The van der Waals surface area contributed by atoms with Crippen LogP contribution in [0.25, 0.3) is 0 Å². The Labute approximate surface area is 221 Å². The van der Waals surface area contributed by atoms with E-state index in [1.165, 1.54) is 38.4 Å². The monoisotopic (exact) mass is 524 g/mol. The van der Waals surface area contributed by atoms with Crippen LogP contribution in [0.5, 0.6) is 0 Å². The average molecular weight is 525 g/mol. The van der Waals surface area contributed by atoms with Crippen LogP contribution in [0, 0.1) is 5.92 Å². The van der Waals surface area contributed by atoms with Crippen molar-refractivity contribution in [1.82, 2.24) is 0 Å². The normalized spacial score (nSPS) is 19.5. The highest BCUT2D eigenvalue weighted by Crippen LogP contribution is 2.24. The van der Waals surface area contributed by atoms with E-state index in [0.29, 0.717) is 49.1 Å². The summed E-state index contributed by atoms with van der Waals surface area (Å²) in [6.07, 6.45) is 9.90. The third-order valence-electron chi connectivity index (χ3n) is 5.65. The summed E-state index contributed by atoms with van der Waals surface area (Å²) in [4.78, 5) is 33.1. The van der Waals surface area contributed by atoms with Crippen LogP contribution < -0.4 is 0 Å². The molecule has 2 fully saturated rings. The zero-order valence-electron chi connectivity index (χ0n) is 22.9. The predicted octanol–water partition coefficient (Wildman–Crippen LogP) is 5.14. The van der Waals surface area contributed by atoms with E-state index >= 15 is 0 Å². The Hall–Kier alpha value is -2.65. The molecular formula is C28H44O9. The molecule has 9 heteroatoms. The zero-order valence-corrected chi connectivity index (χ0v) is 22.9. The number of carbonyl (C=O) groups is 3. The minimum Gasteiger partial charge on any atom is -0.495 e. The van der Waals surface area contributed by atoms with Gasteiger partial charge in [0.25, 0.3) is 0 Å². The van der Waals surface area contributed by atoms with E-state index in [1.807, 2.05) is 6.92 Å². The molecule has 2 heterocycles. The summed E-state index contributed by atoms with van der Waals surface area (Å²) in [7, 11) is 0. The van der Waals surface area contributed by atoms with Crippen LogP contribution >= 0.6 is 0 Å². The molecule has 1 aliphatic carbocycles. The van der Waals surface area contributed by atoms with E-state index in [-0.39, 0.29) is 18.2 Å². The highest BCUT2D eigenvalue weighted by molar-refractivity contribution is 5.89. The molecule has 0 aromatic carbocycles. The van der Waals surface area contributed by atoms with Gasteiger partial charge in [0.2, 0.25) is 6.29 Å². The van der Waals surface area contributed by atoms with Gasteiger partial charge in [0.1, 0.15) is 12.2 Å². The molecule has 0 amide bonds. The van der Waals surface area contributed by atoms with E-state index in [9.17, 15) is 14.4 Å². The third-order valence-corrected chi connectivity index (χ3v) is 5.65. The molecular weight excluding hydrogens is 480 g/mol. The van der Waals surface area contributed by atoms with Gasteiger partial charge in [0, 0.05) is 24.2 Å². The molecule has 9 nitrogen and oxygen atoms in total. The van der Waals surface area contributed by atoms with Gasteiger partial charge in [0.05, 0.1) is 19.5 Å². The summed E-state index contributed by atoms with van der Waals surface area (Å²) in [6.45, 7) is 15.9. The Morgan fingerprint density at radius 1 is 1.00 bits per heavy atom. The van der Waals surface area contributed by atoms with Crippen LogP contribution in [0.15, 0.2) is 36.1 Å². The van der Waals surface area contributed by atoms with E-state index in [4.69, 9.17) is 28.4 Å². The quantitative estimate of drug-likeness (QED) is 0.175. The topological polar surface area (TPSA) is 107 Å². The maximum Gasteiger partial charge on any atom is 0.340 e. The molecule has 0 bridgehead atoms. The maximum atomic E-state index is 11.3. The molecule has 0 aromatic rings. The summed E-state index contributed by atoms with van der Waals surface area (Å²) in [6, 6.07) is 0. The molecule has 210 valence electrons. The number of hydrogen-bond acceptors (Lipinski definition) is 9. The van der Waals surface area contributed by atoms with Gasteiger partial charge in [-0.05, 0) is 59.3 Å². The molecule has 1 saturated heterocycles. The van der Waals surface area contributed by atoms with Crippen LogP contribution in [0.3, 0.4) is 0 Å². The third kappa shape index (κ3) is 14.6. The van der Waals surface area contributed by atoms with Gasteiger partial charge in [-0.2, -0.15) is 0 Å². The number of rotatable bonds is 9. The van der Waals surface area contributed by atoms with Crippen molar-refractivity contribution in [1.29, 1.82) is 0 Å². The minimum atomic E-state index is -0.482. The molecule has 2 atom stereocenters. The summed E-state index contributed by atoms with van der Waals surface area (Å²) >= 11 is 0. The first-order valence-corrected chi connectivity index (χ1v) is 13.1. The SMILES string of the molecule is C=C(C)C(=O)OC(C)OCC.C=C(C)C(=O)OC1CCCCO1.O=C(OCC1CCCCC1)C1=COC1. The standard InChI is InChI=1S/C11H16O3.C9H14O3.C8H14O3/c12-11(10-7-13-8-10)14-6-9-4-2-1-3-5-9;1-7(2)9(10)12-8-5-3-4-6-11-8;1-5-10-7(4)11-8(9)6(2)3/h7,9H,1-6,8H2;8H,1,3-6H2,2H3;7H,2,5H2,1,3-4H3. The lowest BCUT2D eigenvalue weighted by molar-refractivity contribution is -0.182. The fourth-order valence-electron chi connectivity index (χ4n) is 3.46. The highest BCUT2D eigenvalue weighted by atomic mass is 16.7. The van der Waals surface area contributed by atoms with E-state index < -0.39 is 12.3 Å². The Bertz CT molecular complexity index is 775. The average Bonchev–Trinajstić information content (AvgIpc) is 2.84. The van der Waals surface area contributed by atoms with Crippen molar-refractivity contribution in [2.45, 2.75) is 91.6 Å². The molecule has 37 heavy (non-hydrogen) atoms. The van der Waals surface area contributed by atoms with Crippen LogP contribution in [0.1, 0.15) is 79.1 Å². The largest absolute Gasteiger partial charge is 0.495 e. The van der Waals surface area contributed by atoms with Crippen molar-refractivity contribution < 1.29 is 42.8 Å². The van der Waals surface area contributed by atoms with Crippen LogP contribution in [0.4, 0.5) is 0 Å². The zero-order chi connectivity index (χ0) is 27.6. The predicted molar refractivity (Wildman–Crippen MR) is 138 cm³/mol. The Morgan fingerprint density at radius 3 is 2.11 bits per heavy atom. The van der Waals surface area contributed by atoms with Gasteiger partial charge < -0.3 is 28.4 Å². The Balaban J connectivity index is 0.000000281. The van der Waals surface area contributed by atoms with Crippen LogP contribution in [-0.4, -0.2) is 56.9 Å². The summed E-state index contributed by atoms with van der Waals surface area (Å²) < 4.78 is 30.0. The van der Waals surface area contributed by atoms with Gasteiger partial charge in [-0.25, -0.2) is 14.4 Å². The second-order valence-electron chi connectivity index (χ2n) is 9.25. The summed E-state index contributed by atoms with van der Waals surface area (Å²) in [5.41, 5.74) is 1.47. The van der Waals surface area contributed by atoms with Crippen LogP contribution in [-0.2, 0) is 42.8 Å². The molecule has 2 unspecified atom stereocenters. The van der Waals surface area contributed by atoms with Crippen molar-refractivity contribution in [2.24, 2.45) is 5.92 Å². The molecule has 0 N–H and O–H groups in total. The van der Waals surface area contributed by atoms with Gasteiger partial charge in [-0.15, -0.1) is 0 Å². The fourth-order valence-corrected chi connectivity index (χ4v) is 3.46. The maximum absolute atomic E-state index is 11.3. The van der Waals surface area contributed by atoms with E-state index in [1.54, 1.807) is 20.8 Å². The smallest absolute Gasteiger partial charge is 0.340 e. The molecule has 0 aromatic heterocycles. The molecule has 0 radical (unpaired) electrons. The van der Waals surface area contributed by atoms with Crippen molar-refractivity contribution in [3.8, 4) is 0 Å². The molecule has 3 rings (SSSR count). The lowest BCUT2D eigenvalue weighted by atomic mass is 9.90. The van der Waals surface area contributed by atoms with E-state index in [0.717, 1.165) is 19.3 Å². The summed E-state index contributed by atoms with van der Waals surface area (Å²) in [5.74, 6) is -0.371.